The second-order valence-electron chi connectivity index (χ2n) is 4.22. The van der Waals surface area contributed by atoms with Gasteiger partial charge >= 0.3 is 0 Å². The lowest BCUT2D eigenvalue weighted by Crippen LogP contribution is -2.37. The van der Waals surface area contributed by atoms with E-state index in [9.17, 15) is 4.39 Å². The molecule has 0 aromatic heterocycles. The monoisotopic (exact) mass is 241 g/mol. The van der Waals surface area contributed by atoms with Gasteiger partial charge in [-0.25, -0.2) is 4.39 Å². The second-order valence-corrected chi connectivity index (χ2v) is 5.13. The fourth-order valence-corrected chi connectivity index (χ4v) is 2.43. The quantitative estimate of drug-likeness (QED) is 0.821. The van der Waals surface area contributed by atoms with Crippen LogP contribution in [0.2, 0.25) is 0 Å². The van der Waals surface area contributed by atoms with E-state index in [1.807, 2.05) is 23.9 Å². The fraction of sp³-hybridized carbons (Fsp3) is 0.538. The van der Waals surface area contributed by atoms with Crippen LogP contribution in [0.25, 0.3) is 0 Å². The van der Waals surface area contributed by atoms with E-state index in [1.54, 1.807) is 6.07 Å². The first kappa shape index (κ1) is 13.5. The number of rotatable bonds is 6. The molecule has 2 atom stereocenters. The van der Waals surface area contributed by atoms with Gasteiger partial charge in [0.1, 0.15) is 5.82 Å². The summed E-state index contributed by atoms with van der Waals surface area (Å²) < 4.78 is 13.4. The maximum atomic E-state index is 13.4. The highest BCUT2D eigenvalue weighted by molar-refractivity contribution is 7.98. The highest BCUT2D eigenvalue weighted by atomic mass is 32.2. The van der Waals surface area contributed by atoms with Crippen molar-refractivity contribution in [3.8, 4) is 0 Å². The second kappa shape index (κ2) is 6.92. The molecule has 3 heteroatoms. The van der Waals surface area contributed by atoms with Crippen LogP contribution < -0.4 is 5.32 Å². The molecule has 2 unspecified atom stereocenters. The molecule has 1 aromatic rings. The van der Waals surface area contributed by atoms with Gasteiger partial charge in [0.2, 0.25) is 0 Å². The predicted octanol–water partition coefficient (Wildman–Crippen LogP) is 3.10. The third kappa shape index (κ3) is 4.54. The van der Waals surface area contributed by atoms with Gasteiger partial charge in [0.15, 0.2) is 0 Å². The maximum Gasteiger partial charge on any atom is 0.126 e. The molecular weight excluding hydrogens is 221 g/mol. The van der Waals surface area contributed by atoms with E-state index >= 15 is 0 Å². The molecule has 1 rings (SSSR count). The third-order valence-electron chi connectivity index (χ3n) is 2.47. The normalized spacial score (nSPS) is 14.8. The van der Waals surface area contributed by atoms with Crippen molar-refractivity contribution in [3.05, 3.63) is 35.6 Å². The molecule has 0 aliphatic heterocycles. The molecule has 0 aliphatic rings. The van der Waals surface area contributed by atoms with Crippen molar-refractivity contribution in [2.45, 2.75) is 32.4 Å². The number of nitrogens with one attached hydrogen (secondary N) is 1. The first-order valence-electron chi connectivity index (χ1n) is 5.62. The topological polar surface area (TPSA) is 12.0 Å². The summed E-state index contributed by atoms with van der Waals surface area (Å²) in [5.41, 5.74) is 0.791. The van der Waals surface area contributed by atoms with Crippen molar-refractivity contribution in [3.63, 3.8) is 0 Å². The van der Waals surface area contributed by atoms with Gasteiger partial charge in [0, 0.05) is 17.8 Å². The van der Waals surface area contributed by atoms with Crippen LogP contribution in [0, 0.1) is 5.82 Å². The molecule has 0 heterocycles. The highest BCUT2D eigenvalue weighted by Crippen LogP contribution is 2.09. The molecule has 0 radical (unpaired) electrons. The maximum absolute atomic E-state index is 13.4. The van der Waals surface area contributed by atoms with Crippen molar-refractivity contribution in [2.24, 2.45) is 0 Å². The van der Waals surface area contributed by atoms with Gasteiger partial charge in [-0.1, -0.05) is 18.2 Å². The number of benzene rings is 1. The molecule has 1 aromatic carbocycles. The molecule has 0 saturated heterocycles. The molecule has 1 N–H and O–H groups in total. The van der Waals surface area contributed by atoms with Gasteiger partial charge in [-0.3, -0.25) is 0 Å². The molecule has 0 fully saturated rings. The average molecular weight is 241 g/mol. The average Bonchev–Trinajstić information content (AvgIpc) is 2.21. The Balaban J connectivity index is 2.45. The van der Waals surface area contributed by atoms with Crippen molar-refractivity contribution >= 4 is 11.8 Å². The van der Waals surface area contributed by atoms with E-state index in [-0.39, 0.29) is 5.82 Å². The van der Waals surface area contributed by atoms with Crippen LogP contribution in [0.15, 0.2) is 24.3 Å². The minimum Gasteiger partial charge on any atom is -0.311 e. The standard InChI is InChI=1S/C13H20FNS/c1-10(15-11(2)9-16-3)8-12-6-4-5-7-13(12)14/h4-7,10-11,15H,8-9H2,1-3H3. The van der Waals surface area contributed by atoms with Crippen LogP contribution in [-0.4, -0.2) is 24.1 Å². The Labute approximate surface area is 102 Å². The molecule has 16 heavy (non-hydrogen) atoms. The summed E-state index contributed by atoms with van der Waals surface area (Å²) in [7, 11) is 0. The largest absolute Gasteiger partial charge is 0.311 e. The summed E-state index contributed by atoms with van der Waals surface area (Å²) in [5, 5.41) is 3.47. The Morgan fingerprint density at radius 1 is 1.25 bits per heavy atom. The molecule has 0 amide bonds. The fourth-order valence-electron chi connectivity index (χ4n) is 1.84. The lowest BCUT2D eigenvalue weighted by Gasteiger charge is -2.19. The zero-order valence-corrected chi connectivity index (χ0v) is 11.0. The van der Waals surface area contributed by atoms with E-state index in [1.165, 1.54) is 6.07 Å². The molecule has 0 bridgehead atoms. The summed E-state index contributed by atoms with van der Waals surface area (Å²) in [5.74, 6) is 0.982. The summed E-state index contributed by atoms with van der Waals surface area (Å²) in [6.45, 7) is 4.26. The van der Waals surface area contributed by atoms with E-state index < -0.39 is 0 Å². The predicted molar refractivity (Wildman–Crippen MR) is 70.5 cm³/mol. The van der Waals surface area contributed by atoms with Crippen LogP contribution in [0.3, 0.4) is 0 Å². The number of hydrogen-bond acceptors (Lipinski definition) is 2. The van der Waals surface area contributed by atoms with Crippen molar-refractivity contribution in [1.82, 2.24) is 5.32 Å². The minimum atomic E-state index is -0.103. The van der Waals surface area contributed by atoms with E-state index in [2.05, 4.69) is 25.4 Å². The van der Waals surface area contributed by atoms with Crippen molar-refractivity contribution in [1.29, 1.82) is 0 Å². The molecule has 0 spiro atoms. The van der Waals surface area contributed by atoms with Gasteiger partial charge in [-0.2, -0.15) is 11.8 Å². The zero-order chi connectivity index (χ0) is 12.0. The molecule has 1 nitrogen and oxygen atoms in total. The Morgan fingerprint density at radius 2 is 1.94 bits per heavy atom. The van der Waals surface area contributed by atoms with E-state index in [0.29, 0.717) is 12.1 Å². The van der Waals surface area contributed by atoms with Gasteiger partial charge in [0.25, 0.3) is 0 Å². The Hall–Kier alpha value is -0.540. The summed E-state index contributed by atoms with van der Waals surface area (Å²) >= 11 is 1.82. The van der Waals surface area contributed by atoms with Gasteiger partial charge in [-0.05, 0) is 38.2 Å². The number of halogens is 1. The first-order chi connectivity index (χ1) is 7.63. The summed E-state index contributed by atoms with van der Waals surface area (Å²) in [6, 6.07) is 7.76. The van der Waals surface area contributed by atoms with Crippen LogP contribution >= 0.6 is 11.8 Å². The minimum absolute atomic E-state index is 0.103. The molecule has 90 valence electrons. The molecular formula is C13H20FNS. The lowest BCUT2D eigenvalue weighted by atomic mass is 10.1. The zero-order valence-electron chi connectivity index (χ0n) is 10.2. The third-order valence-corrected chi connectivity index (χ3v) is 3.30. The van der Waals surface area contributed by atoms with E-state index in [4.69, 9.17) is 0 Å². The Bertz CT molecular complexity index is 317. The van der Waals surface area contributed by atoms with E-state index in [0.717, 1.165) is 17.7 Å². The van der Waals surface area contributed by atoms with Crippen LogP contribution in [0.4, 0.5) is 4.39 Å². The van der Waals surface area contributed by atoms with Gasteiger partial charge in [-0.15, -0.1) is 0 Å². The number of thioether (sulfide) groups is 1. The van der Waals surface area contributed by atoms with Crippen LogP contribution in [0.1, 0.15) is 19.4 Å². The van der Waals surface area contributed by atoms with Gasteiger partial charge < -0.3 is 5.32 Å². The van der Waals surface area contributed by atoms with Crippen LogP contribution in [0.5, 0.6) is 0 Å². The van der Waals surface area contributed by atoms with Crippen molar-refractivity contribution in [2.75, 3.05) is 12.0 Å². The van der Waals surface area contributed by atoms with Crippen LogP contribution in [-0.2, 0) is 6.42 Å². The smallest absolute Gasteiger partial charge is 0.126 e. The summed E-state index contributed by atoms with van der Waals surface area (Å²) in [6.07, 6.45) is 2.84. The van der Waals surface area contributed by atoms with Crippen molar-refractivity contribution < 1.29 is 4.39 Å². The first-order valence-corrected chi connectivity index (χ1v) is 7.01. The Kier molecular flexibility index (Phi) is 5.85. The highest BCUT2D eigenvalue weighted by Gasteiger charge is 2.09. The molecule has 0 saturated carbocycles. The summed E-state index contributed by atoms with van der Waals surface area (Å²) in [4.78, 5) is 0. The Morgan fingerprint density at radius 3 is 2.56 bits per heavy atom. The molecule has 0 aliphatic carbocycles. The SMILES string of the molecule is CSCC(C)NC(C)Cc1ccccc1F. The number of hydrogen-bond donors (Lipinski definition) is 1. The lowest BCUT2D eigenvalue weighted by molar-refractivity contribution is 0.482. The van der Waals surface area contributed by atoms with Gasteiger partial charge in [0.05, 0.1) is 0 Å².